The molecular formula is C7H18OSn. The number of hydrogen-bond acceptors (Lipinski definition) is 1. The van der Waals surface area contributed by atoms with E-state index in [0.717, 1.165) is 12.8 Å². The zero-order valence-electron chi connectivity index (χ0n) is 7.03. The molecule has 0 rings (SSSR count). The molecule has 0 aromatic rings. The van der Waals surface area contributed by atoms with Crippen LogP contribution in [0.1, 0.15) is 19.8 Å². The Kier molecular flexibility index (Phi) is 15.9. The van der Waals surface area contributed by atoms with Crippen LogP contribution in [0.3, 0.4) is 0 Å². The summed E-state index contributed by atoms with van der Waals surface area (Å²) in [6.45, 7) is 2.11. The Morgan fingerprint density at radius 3 is 1.56 bits per heavy atom. The number of hydrogen-bond donors (Lipinski definition) is 0. The zero-order chi connectivity index (χ0) is 7.70. The Labute approximate surface area is 66.2 Å². The van der Waals surface area contributed by atoms with E-state index in [4.69, 9.17) is 0 Å². The molecule has 0 radical (unpaired) electrons. The molecule has 0 aliphatic rings. The van der Waals surface area contributed by atoms with Crippen LogP contribution in [0.25, 0.3) is 0 Å². The van der Waals surface area contributed by atoms with Crippen molar-refractivity contribution in [2.45, 2.75) is 34.6 Å². The molecule has 0 saturated carbocycles. The number of unbranched alkanes of at least 4 members (excludes halogenated alkanes) is 1. The standard InChI is InChI=1S/C4H9O.3CH3.Sn/c1-2-3-4-5;;;;/h2-4H2,1H3;3*1H3;/q-1;;;;+1. The molecule has 0 amide bonds. The maximum absolute atomic E-state index is 9.53. The van der Waals surface area contributed by atoms with Crippen LogP contribution >= 0.6 is 0 Å². The van der Waals surface area contributed by atoms with E-state index in [-0.39, 0.29) is 6.61 Å². The van der Waals surface area contributed by atoms with E-state index in [1.54, 1.807) is 0 Å². The van der Waals surface area contributed by atoms with E-state index in [9.17, 15) is 5.11 Å². The van der Waals surface area contributed by atoms with Gasteiger partial charge in [0.2, 0.25) is 0 Å². The normalized spacial score (nSPS) is 7.67. The van der Waals surface area contributed by atoms with Crippen LogP contribution in [0.5, 0.6) is 0 Å². The van der Waals surface area contributed by atoms with Gasteiger partial charge in [0.15, 0.2) is 0 Å². The fraction of sp³-hybridized carbons (Fsp3) is 1.00. The first kappa shape index (κ1) is 12.4. The van der Waals surface area contributed by atoms with Crippen LogP contribution < -0.4 is 5.11 Å². The van der Waals surface area contributed by atoms with Crippen LogP contribution in [0.15, 0.2) is 0 Å². The van der Waals surface area contributed by atoms with Crippen LogP contribution in [-0.2, 0) is 0 Å². The maximum atomic E-state index is 9.53. The summed E-state index contributed by atoms with van der Waals surface area (Å²) in [7, 11) is 0. The Bertz CT molecular complexity index is 33.1. The van der Waals surface area contributed by atoms with Crippen LogP contribution in [0.2, 0.25) is 14.8 Å². The average Bonchev–Trinajstić information content (AvgIpc) is 1.66. The number of rotatable bonds is 2. The second-order valence-corrected chi connectivity index (χ2v) is 11.1. The first-order valence-corrected chi connectivity index (χ1v) is 12.1. The first-order valence-electron chi connectivity index (χ1n) is 3.50. The SMILES string of the molecule is CCCC[O-].[CH3][Sn+]([CH3])[CH3]. The molecule has 0 heterocycles. The van der Waals surface area contributed by atoms with Gasteiger partial charge in [0.1, 0.15) is 0 Å². The minimum atomic E-state index is -0.543. The van der Waals surface area contributed by atoms with E-state index in [1.165, 1.54) is 0 Å². The van der Waals surface area contributed by atoms with E-state index in [0.29, 0.717) is 0 Å². The molecule has 56 valence electrons. The predicted octanol–water partition coefficient (Wildman–Crippen LogP) is 1.52. The first-order chi connectivity index (χ1) is 4.15. The zero-order valence-corrected chi connectivity index (χ0v) is 9.88. The quantitative estimate of drug-likeness (QED) is 0.667. The van der Waals surface area contributed by atoms with Crippen molar-refractivity contribution in [3.63, 3.8) is 0 Å². The minimum absolute atomic E-state index is 0.0938. The van der Waals surface area contributed by atoms with Gasteiger partial charge in [-0.3, -0.25) is 0 Å². The molecule has 0 aromatic carbocycles. The van der Waals surface area contributed by atoms with Crippen molar-refractivity contribution in [2.75, 3.05) is 6.61 Å². The Balaban J connectivity index is 0. The van der Waals surface area contributed by atoms with Crippen LogP contribution in [0.4, 0.5) is 0 Å². The molecule has 0 saturated heterocycles. The molecule has 2 heteroatoms. The van der Waals surface area contributed by atoms with Gasteiger partial charge in [0.25, 0.3) is 0 Å². The topological polar surface area (TPSA) is 23.1 Å². The molecule has 0 atom stereocenters. The van der Waals surface area contributed by atoms with Gasteiger partial charge in [-0.1, -0.05) is 19.8 Å². The second kappa shape index (κ2) is 11.5. The summed E-state index contributed by atoms with van der Waals surface area (Å²) in [5.74, 6) is 0. The van der Waals surface area contributed by atoms with Gasteiger partial charge in [-0.15, -0.1) is 6.61 Å². The summed E-state index contributed by atoms with van der Waals surface area (Å²) in [6.07, 6.45) is 1.86. The van der Waals surface area contributed by atoms with Crippen molar-refractivity contribution in [3.05, 3.63) is 0 Å². The second-order valence-electron chi connectivity index (χ2n) is 2.56. The van der Waals surface area contributed by atoms with Crippen molar-refractivity contribution >= 4 is 19.8 Å². The summed E-state index contributed by atoms with van der Waals surface area (Å²) in [5.41, 5.74) is 0. The molecule has 0 aliphatic heterocycles. The third-order valence-electron chi connectivity index (χ3n) is 0.498. The summed E-state index contributed by atoms with van der Waals surface area (Å²) < 4.78 is 0. The third kappa shape index (κ3) is 52.6. The van der Waals surface area contributed by atoms with Crippen molar-refractivity contribution < 1.29 is 5.11 Å². The predicted molar refractivity (Wildman–Crippen MR) is 43.1 cm³/mol. The molecule has 1 nitrogen and oxygen atoms in total. The Morgan fingerprint density at radius 1 is 1.22 bits per heavy atom. The van der Waals surface area contributed by atoms with Gasteiger partial charge < -0.3 is 5.11 Å². The molecule has 0 unspecified atom stereocenters. The van der Waals surface area contributed by atoms with Gasteiger partial charge in [0.05, 0.1) is 0 Å². The van der Waals surface area contributed by atoms with Crippen molar-refractivity contribution in [2.24, 2.45) is 0 Å². The van der Waals surface area contributed by atoms with Gasteiger partial charge in [-0.2, -0.15) is 0 Å². The summed E-state index contributed by atoms with van der Waals surface area (Å²) in [6, 6.07) is 0. The van der Waals surface area contributed by atoms with Gasteiger partial charge >= 0.3 is 34.6 Å². The molecule has 0 bridgehead atoms. The van der Waals surface area contributed by atoms with E-state index in [1.807, 2.05) is 6.92 Å². The average molecular weight is 237 g/mol. The molecular weight excluding hydrogens is 219 g/mol. The van der Waals surface area contributed by atoms with Crippen molar-refractivity contribution in [1.82, 2.24) is 0 Å². The molecule has 0 fully saturated rings. The molecule has 0 N–H and O–H groups in total. The summed E-state index contributed by atoms with van der Waals surface area (Å²) in [4.78, 5) is 7.09. The van der Waals surface area contributed by atoms with Crippen LogP contribution in [-0.4, -0.2) is 26.4 Å². The molecule has 0 aromatic heterocycles. The van der Waals surface area contributed by atoms with E-state index < -0.39 is 19.8 Å². The van der Waals surface area contributed by atoms with Gasteiger partial charge in [-0.05, 0) is 0 Å². The Morgan fingerprint density at radius 2 is 1.56 bits per heavy atom. The third-order valence-corrected chi connectivity index (χ3v) is 0.498. The van der Waals surface area contributed by atoms with Crippen LogP contribution in [0, 0.1) is 0 Å². The fourth-order valence-corrected chi connectivity index (χ4v) is 0.144. The molecule has 0 spiro atoms. The molecule has 0 aliphatic carbocycles. The van der Waals surface area contributed by atoms with E-state index >= 15 is 0 Å². The van der Waals surface area contributed by atoms with Gasteiger partial charge in [0, 0.05) is 0 Å². The van der Waals surface area contributed by atoms with E-state index in [2.05, 4.69) is 14.8 Å². The fourth-order valence-electron chi connectivity index (χ4n) is 0.144. The summed E-state index contributed by atoms with van der Waals surface area (Å²) >= 11 is -0.543. The Hall–Kier alpha value is 0.759. The monoisotopic (exact) mass is 238 g/mol. The van der Waals surface area contributed by atoms with Crippen molar-refractivity contribution in [1.29, 1.82) is 0 Å². The van der Waals surface area contributed by atoms with Gasteiger partial charge in [-0.25, -0.2) is 0 Å². The molecule has 9 heavy (non-hydrogen) atoms. The summed E-state index contributed by atoms with van der Waals surface area (Å²) in [5, 5.41) is 9.53. The van der Waals surface area contributed by atoms with Crippen molar-refractivity contribution in [3.8, 4) is 0 Å².